The zero-order chi connectivity index (χ0) is 8.85. The molecule has 0 aromatic heterocycles. The lowest BCUT2D eigenvalue weighted by Crippen LogP contribution is -2.22. The molecule has 0 aliphatic carbocycles. The molecule has 0 aromatic carbocycles. The molecule has 0 saturated heterocycles. The number of carbonyl (C=O) groups is 1. The van der Waals surface area contributed by atoms with E-state index in [0.717, 1.165) is 6.08 Å². The van der Waals surface area contributed by atoms with Crippen LogP contribution in [0.1, 0.15) is 0 Å². The average Bonchev–Trinajstić information content (AvgIpc) is 1.99. The Kier molecular flexibility index (Phi) is 3.58. The molecule has 0 aliphatic heterocycles. The Morgan fingerprint density at radius 3 is 2.64 bits per heavy atom. The molecule has 0 rings (SSSR count). The first kappa shape index (κ1) is 9.35. The summed E-state index contributed by atoms with van der Waals surface area (Å²) in [5, 5.41) is 8.13. The lowest BCUT2D eigenvalue weighted by molar-refractivity contribution is -0.129. The maximum Gasteiger partial charge on any atom is 0.371 e. The van der Waals surface area contributed by atoms with Gasteiger partial charge in [0.2, 0.25) is 5.84 Å². The van der Waals surface area contributed by atoms with Crippen LogP contribution >= 0.6 is 0 Å². The molecule has 0 fully saturated rings. The summed E-state index contributed by atoms with van der Waals surface area (Å²) in [5.41, 5.74) is 4.82. The van der Waals surface area contributed by atoms with E-state index in [1.807, 2.05) is 0 Å². The van der Waals surface area contributed by atoms with Crippen LogP contribution in [0.2, 0.25) is 0 Å². The molecule has 0 atom stereocenters. The number of amidine groups is 1. The summed E-state index contributed by atoms with van der Waals surface area (Å²) in [6, 6.07) is 0. The van der Waals surface area contributed by atoms with Crippen LogP contribution in [0.15, 0.2) is 29.7 Å². The van der Waals surface area contributed by atoms with Crippen LogP contribution in [-0.2, 0) is 4.79 Å². The number of nitrogens with zero attached hydrogens (tertiary/aromatic N) is 1. The number of carboxylic acid groups (broad SMARTS) is 1. The molecular weight excluding hydrogens is 151 g/mol. The number of aliphatic imine (C=N–C) groups is 1. The third-order valence-electron chi connectivity index (χ3n) is 0.741. The van der Waals surface area contributed by atoms with Crippen molar-refractivity contribution in [1.29, 1.82) is 0 Å². The highest BCUT2D eigenvalue weighted by molar-refractivity contribution is 6.33. The fourth-order valence-electron chi connectivity index (χ4n) is 0.239. The van der Waals surface area contributed by atoms with Crippen molar-refractivity contribution < 1.29 is 14.3 Å². The molecule has 5 heteroatoms. The number of hydrogen-bond acceptors (Lipinski definition) is 2. The van der Waals surface area contributed by atoms with Crippen molar-refractivity contribution in [3.63, 3.8) is 0 Å². The second-order valence-corrected chi connectivity index (χ2v) is 1.54. The summed E-state index contributed by atoms with van der Waals surface area (Å²) in [6.45, 7) is 3.08. The van der Waals surface area contributed by atoms with Gasteiger partial charge in [-0.25, -0.2) is 14.2 Å². The maximum atomic E-state index is 12.1. The number of rotatable bonds is 2. The molecule has 0 radical (unpaired) electrons. The van der Waals surface area contributed by atoms with E-state index in [0.29, 0.717) is 6.20 Å². The molecular formula is C6H7FN2O2. The van der Waals surface area contributed by atoms with Gasteiger partial charge in [-0.1, -0.05) is 6.58 Å². The highest BCUT2D eigenvalue weighted by atomic mass is 19.1. The van der Waals surface area contributed by atoms with E-state index < -0.39 is 17.6 Å². The van der Waals surface area contributed by atoms with Crippen molar-refractivity contribution in [2.45, 2.75) is 0 Å². The molecule has 0 heterocycles. The van der Waals surface area contributed by atoms with Gasteiger partial charge in [-0.3, -0.25) is 0 Å². The van der Waals surface area contributed by atoms with Gasteiger partial charge in [0.25, 0.3) is 0 Å². The first-order valence-electron chi connectivity index (χ1n) is 2.62. The predicted molar refractivity (Wildman–Crippen MR) is 38.6 cm³/mol. The van der Waals surface area contributed by atoms with Gasteiger partial charge in [0.05, 0.1) is 6.20 Å². The zero-order valence-corrected chi connectivity index (χ0v) is 5.62. The van der Waals surface area contributed by atoms with Gasteiger partial charge in [0.1, 0.15) is 5.83 Å². The summed E-state index contributed by atoms with van der Waals surface area (Å²) in [5.74, 6) is -2.80. The third kappa shape index (κ3) is 3.85. The van der Waals surface area contributed by atoms with Gasteiger partial charge in [-0.2, -0.15) is 0 Å². The lowest BCUT2D eigenvalue weighted by Gasteiger charge is -1.87. The highest BCUT2D eigenvalue weighted by Gasteiger charge is 1.99. The summed E-state index contributed by atoms with van der Waals surface area (Å²) < 4.78 is 12.1. The molecule has 0 unspecified atom stereocenters. The molecule has 0 aromatic rings. The first-order valence-corrected chi connectivity index (χ1v) is 2.62. The number of aliphatic carboxylic acids is 1. The quantitative estimate of drug-likeness (QED) is 0.347. The lowest BCUT2D eigenvalue weighted by atomic mass is 10.5. The minimum Gasteiger partial charge on any atom is -0.475 e. The smallest absolute Gasteiger partial charge is 0.371 e. The van der Waals surface area contributed by atoms with Crippen molar-refractivity contribution in [2.75, 3.05) is 0 Å². The van der Waals surface area contributed by atoms with Gasteiger partial charge in [0.15, 0.2) is 0 Å². The van der Waals surface area contributed by atoms with Crippen LogP contribution in [0.3, 0.4) is 0 Å². The number of carboxylic acids is 1. The fraction of sp³-hybridized carbons (Fsp3) is 0. The fourth-order valence-corrected chi connectivity index (χ4v) is 0.239. The van der Waals surface area contributed by atoms with Crippen LogP contribution in [-0.4, -0.2) is 16.9 Å². The Balaban J connectivity index is 4.34. The number of nitrogens with two attached hydrogens (primary N) is 1. The van der Waals surface area contributed by atoms with E-state index in [1.54, 1.807) is 0 Å². The Bertz CT molecular complexity index is 233. The molecule has 60 valence electrons. The van der Waals surface area contributed by atoms with Crippen molar-refractivity contribution in [3.05, 3.63) is 24.7 Å². The van der Waals surface area contributed by atoms with E-state index in [-0.39, 0.29) is 0 Å². The van der Waals surface area contributed by atoms with Gasteiger partial charge in [-0.05, 0) is 6.08 Å². The Morgan fingerprint density at radius 1 is 1.73 bits per heavy atom. The van der Waals surface area contributed by atoms with E-state index in [2.05, 4.69) is 11.6 Å². The minimum absolute atomic E-state index is 0.665. The molecule has 4 nitrogen and oxygen atoms in total. The third-order valence-corrected chi connectivity index (χ3v) is 0.741. The maximum absolute atomic E-state index is 12.1. The second kappa shape index (κ2) is 4.21. The van der Waals surface area contributed by atoms with Crippen LogP contribution < -0.4 is 5.73 Å². The molecule has 0 spiro atoms. The largest absolute Gasteiger partial charge is 0.475 e. The normalized spacial score (nSPS) is 12.8. The van der Waals surface area contributed by atoms with Crippen LogP contribution in [0.25, 0.3) is 0 Å². The summed E-state index contributed by atoms with van der Waals surface area (Å²) in [7, 11) is 0. The number of halogens is 1. The van der Waals surface area contributed by atoms with Gasteiger partial charge >= 0.3 is 5.97 Å². The Hall–Kier alpha value is -1.65. The molecule has 0 aliphatic rings. The first-order chi connectivity index (χ1) is 5.07. The molecule has 11 heavy (non-hydrogen) atoms. The van der Waals surface area contributed by atoms with E-state index >= 15 is 0 Å². The van der Waals surface area contributed by atoms with Crippen molar-refractivity contribution in [2.24, 2.45) is 10.7 Å². The van der Waals surface area contributed by atoms with Crippen molar-refractivity contribution in [1.82, 2.24) is 0 Å². The molecule has 0 saturated carbocycles. The van der Waals surface area contributed by atoms with E-state index in [4.69, 9.17) is 10.8 Å². The second-order valence-electron chi connectivity index (χ2n) is 1.54. The number of allylic oxidation sites excluding steroid dienone is 2. The predicted octanol–water partition coefficient (Wildman–Crippen LogP) is 0.425. The summed E-state index contributed by atoms with van der Waals surface area (Å²) >= 11 is 0. The molecule has 0 bridgehead atoms. The molecule has 3 N–H and O–H groups in total. The summed E-state index contributed by atoms with van der Waals surface area (Å²) in [4.78, 5) is 13.0. The summed E-state index contributed by atoms with van der Waals surface area (Å²) in [6.07, 6.45) is 1.56. The highest BCUT2D eigenvalue weighted by Crippen LogP contribution is 1.95. The van der Waals surface area contributed by atoms with Crippen molar-refractivity contribution in [3.8, 4) is 0 Å². The van der Waals surface area contributed by atoms with Crippen LogP contribution in [0.5, 0.6) is 0 Å². The van der Waals surface area contributed by atoms with Crippen LogP contribution in [0, 0.1) is 0 Å². The Morgan fingerprint density at radius 2 is 2.27 bits per heavy atom. The van der Waals surface area contributed by atoms with E-state index in [1.165, 1.54) is 0 Å². The molecule has 0 amide bonds. The van der Waals surface area contributed by atoms with Crippen LogP contribution in [0.4, 0.5) is 4.39 Å². The SMILES string of the molecule is C=C/C(F)=C\N=C(N)C(=O)O. The zero-order valence-electron chi connectivity index (χ0n) is 5.62. The monoisotopic (exact) mass is 158 g/mol. The standard InChI is InChI=1S/C6H7FN2O2/c1-2-4(7)3-9-5(8)6(10)11/h2-3H,1H2,(H2,8,9)(H,10,11)/b4-3+. The topological polar surface area (TPSA) is 75.7 Å². The van der Waals surface area contributed by atoms with Crippen molar-refractivity contribution >= 4 is 11.8 Å². The Labute approximate surface area is 62.5 Å². The number of hydrogen-bond donors (Lipinski definition) is 2. The van der Waals surface area contributed by atoms with Gasteiger partial charge in [-0.15, -0.1) is 0 Å². The van der Waals surface area contributed by atoms with Gasteiger partial charge in [0, 0.05) is 0 Å². The van der Waals surface area contributed by atoms with Gasteiger partial charge < -0.3 is 10.8 Å². The minimum atomic E-state index is -1.39. The average molecular weight is 158 g/mol. The van der Waals surface area contributed by atoms with E-state index in [9.17, 15) is 9.18 Å².